The van der Waals surface area contributed by atoms with Crippen LogP contribution in [0.15, 0.2) is 54.6 Å². The van der Waals surface area contributed by atoms with Gasteiger partial charge in [-0.25, -0.2) is 4.79 Å². The number of carbonyl (C=O) groups is 3. The first-order valence-corrected chi connectivity index (χ1v) is 5.73. The molecular weight excluding hydrogens is 354 g/mol. The van der Waals surface area contributed by atoms with Crippen LogP contribution in [0.5, 0.6) is 0 Å². The van der Waals surface area contributed by atoms with Crippen molar-refractivity contribution in [2.24, 2.45) is 0 Å². The van der Waals surface area contributed by atoms with Gasteiger partial charge in [-0.05, 0) is 12.2 Å². The summed E-state index contributed by atoms with van der Waals surface area (Å²) in [5.41, 5.74) is 0.730. The first kappa shape index (κ1) is 25.4. The minimum atomic E-state index is -2.33. The molecule has 0 unspecified atom stereocenters. The van der Waals surface area contributed by atoms with E-state index in [1.54, 1.807) is 42.5 Å². The Morgan fingerprint density at radius 2 is 1.13 bits per heavy atom. The molecule has 8 heteroatoms. The molecule has 108 valence electrons. The fourth-order valence-corrected chi connectivity index (χ4v) is 1.61. The van der Waals surface area contributed by atoms with Gasteiger partial charge in [0.25, 0.3) is 0 Å². The molecule has 0 spiro atoms. The van der Waals surface area contributed by atoms with Gasteiger partial charge in [0, 0.05) is 11.1 Å². The predicted octanol–water partition coefficient (Wildman–Crippen LogP) is -5.82. The average molecular weight is 364 g/mol. The third-order valence-electron chi connectivity index (χ3n) is 2.44. The quantitative estimate of drug-likeness (QED) is 0.428. The van der Waals surface area contributed by atoms with Crippen LogP contribution in [-0.2, 0) is 0 Å². The van der Waals surface area contributed by atoms with E-state index in [9.17, 15) is 9.59 Å². The third-order valence-corrected chi connectivity index (χ3v) is 2.44. The number of carbonyl (C=O) groups excluding carboxylic acids is 2. The first-order chi connectivity index (χ1) is 9.93. The van der Waals surface area contributed by atoms with E-state index in [0.717, 1.165) is 0 Å². The molecule has 0 aliphatic carbocycles. The summed E-state index contributed by atoms with van der Waals surface area (Å²) in [4.78, 5) is 31.4. The first-order valence-electron chi connectivity index (χ1n) is 5.73. The molecule has 6 nitrogen and oxygen atoms in total. The topological polar surface area (TPSA) is 118 Å². The van der Waals surface area contributed by atoms with Crippen molar-refractivity contribution in [1.29, 1.82) is 0 Å². The number of hydrogen-bond acceptors (Lipinski definition) is 5. The van der Waals surface area contributed by atoms with E-state index in [-0.39, 0.29) is 120 Å². The second-order valence-electron chi connectivity index (χ2n) is 3.80. The third kappa shape index (κ3) is 9.25. The fraction of sp³-hybridized carbons (Fsp3) is 0. The minimum Gasteiger partial charge on any atom is -0.652 e. The number of carboxylic acid groups (broad SMARTS) is 3. The van der Waals surface area contributed by atoms with E-state index in [1.807, 2.05) is 0 Å². The summed E-state index contributed by atoms with van der Waals surface area (Å²) in [5, 5.41) is 25.7. The molecule has 0 aliphatic rings. The number of benzene rings is 2. The van der Waals surface area contributed by atoms with E-state index in [2.05, 4.69) is 0 Å². The van der Waals surface area contributed by atoms with Crippen molar-refractivity contribution in [3.8, 4) is 0 Å². The Balaban J connectivity index is 0. The summed E-state index contributed by atoms with van der Waals surface area (Å²) in [6.45, 7) is 0. The second-order valence-corrected chi connectivity index (χ2v) is 3.80. The zero-order valence-electron chi connectivity index (χ0n) is 12.7. The SMILES string of the molecule is O=C(O)c1ccccc1C(=O)c1ccccc1.O=C([O-])[O-].[K+].[K+]. The number of rotatable bonds is 3. The van der Waals surface area contributed by atoms with Crippen LogP contribution in [0.3, 0.4) is 0 Å². The Hall–Kier alpha value is 0.123. The molecule has 0 saturated heterocycles. The molecule has 0 bridgehead atoms. The van der Waals surface area contributed by atoms with Gasteiger partial charge in [-0.1, -0.05) is 48.5 Å². The summed E-state index contributed by atoms with van der Waals surface area (Å²) in [5.74, 6) is -1.37. The molecule has 0 radical (unpaired) electrons. The molecule has 0 amide bonds. The zero-order chi connectivity index (χ0) is 15.8. The van der Waals surface area contributed by atoms with Crippen LogP contribution in [0.25, 0.3) is 0 Å². The van der Waals surface area contributed by atoms with Gasteiger partial charge in [0.1, 0.15) is 0 Å². The normalized spacial score (nSPS) is 8.35. The van der Waals surface area contributed by atoms with Crippen molar-refractivity contribution in [1.82, 2.24) is 0 Å². The van der Waals surface area contributed by atoms with Crippen LogP contribution in [0.1, 0.15) is 26.3 Å². The van der Waals surface area contributed by atoms with Gasteiger partial charge >= 0.3 is 109 Å². The Kier molecular flexibility index (Phi) is 14.8. The van der Waals surface area contributed by atoms with Gasteiger partial charge < -0.3 is 20.1 Å². The molecule has 2 aromatic rings. The van der Waals surface area contributed by atoms with Gasteiger partial charge in [-0.2, -0.15) is 0 Å². The monoisotopic (exact) mass is 364 g/mol. The van der Waals surface area contributed by atoms with Gasteiger partial charge in [0.05, 0.1) is 5.56 Å². The molecule has 0 heterocycles. The summed E-state index contributed by atoms with van der Waals surface area (Å²) in [7, 11) is 0. The van der Waals surface area contributed by atoms with E-state index in [1.165, 1.54) is 12.1 Å². The number of ketones is 1. The maximum Gasteiger partial charge on any atom is 1.00 e. The van der Waals surface area contributed by atoms with Crippen molar-refractivity contribution in [2.45, 2.75) is 0 Å². The van der Waals surface area contributed by atoms with Gasteiger partial charge in [-0.15, -0.1) is 0 Å². The number of carboxylic acids is 1. The van der Waals surface area contributed by atoms with E-state index < -0.39 is 12.1 Å². The largest absolute Gasteiger partial charge is 1.00 e. The molecule has 2 aromatic carbocycles. The summed E-state index contributed by atoms with van der Waals surface area (Å²) in [6, 6.07) is 14.8. The smallest absolute Gasteiger partial charge is 0.652 e. The van der Waals surface area contributed by atoms with E-state index in [0.29, 0.717) is 5.56 Å². The van der Waals surface area contributed by atoms with Crippen LogP contribution < -0.4 is 113 Å². The Labute approximate surface area is 217 Å². The minimum absolute atomic E-state index is 0. The molecule has 23 heavy (non-hydrogen) atoms. The van der Waals surface area contributed by atoms with E-state index in [4.69, 9.17) is 20.1 Å². The van der Waals surface area contributed by atoms with Crippen LogP contribution in [0.4, 0.5) is 4.79 Å². The summed E-state index contributed by atoms with van der Waals surface area (Å²) < 4.78 is 0. The Morgan fingerprint density at radius 3 is 1.57 bits per heavy atom. The number of aromatic carboxylic acids is 1. The molecule has 0 aromatic heterocycles. The van der Waals surface area contributed by atoms with Crippen LogP contribution in [-0.4, -0.2) is 23.0 Å². The van der Waals surface area contributed by atoms with Crippen LogP contribution in [0.2, 0.25) is 0 Å². The predicted molar refractivity (Wildman–Crippen MR) is 68.7 cm³/mol. The molecule has 1 N–H and O–H groups in total. The fourth-order valence-electron chi connectivity index (χ4n) is 1.61. The average Bonchev–Trinajstić information content (AvgIpc) is 2.47. The molecule has 0 saturated carbocycles. The van der Waals surface area contributed by atoms with Crippen molar-refractivity contribution < 1.29 is 132 Å². The van der Waals surface area contributed by atoms with Crippen LogP contribution in [0, 0.1) is 0 Å². The van der Waals surface area contributed by atoms with Crippen molar-refractivity contribution in [2.75, 3.05) is 0 Å². The van der Waals surface area contributed by atoms with Gasteiger partial charge in [0.2, 0.25) is 0 Å². The molecule has 0 fully saturated rings. The molecule has 0 atom stereocenters. The Bertz CT molecular complexity index is 654. The molecule has 0 aliphatic heterocycles. The van der Waals surface area contributed by atoms with Crippen molar-refractivity contribution in [3.05, 3.63) is 71.3 Å². The van der Waals surface area contributed by atoms with Crippen LogP contribution >= 0.6 is 0 Å². The van der Waals surface area contributed by atoms with E-state index >= 15 is 0 Å². The zero-order valence-corrected chi connectivity index (χ0v) is 18.9. The summed E-state index contributed by atoms with van der Waals surface area (Å²) >= 11 is 0. The van der Waals surface area contributed by atoms with Gasteiger partial charge in [-0.3, -0.25) is 4.79 Å². The number of hydrogen-bond donors (Lipinski definition) is 1. The van der Waals surface area contributed by atoms with Crippen molar-refractivity contribution >= 4 is 17.9 Å². The molecule has 2 rings (SSSR count). The second kappa shape index (κ2) is 13.4. The standard InChI is InChI=1S/C14H10O3.CH2O3.2K/c15-13(10-6-2-1-3-7-10)11-8-4-5-9-12(11)14(16)17;2-1(3)4;;/h1-9H,(H,16,17);(H2,2,3,4);;/q;;2*+1/p-2. The maximum absolute atomic E-state index is 12.1. The Morgan fingerprint density at radius 1 is 0.739 bits per heavy atom. The molecular formula is C15H10K2O6. The van der Waals surface area contributed by atoms with Gasteiger partial charge in [0.15, 0.2) is 5.78 Å². The van der Waals surface area contributed by atoms with Crippen molar-refractivity contribution in [3.63, 3.8) is 0 Å². The maximum atomic E-state index is 12.1. The summed E-state index contributed by atoms with van der Waals surface area (Å²) in [6.07, 6.45) is -2.33.